The predicted octanol–water partition coefficient (Wildman–Crippen LogP) is 2.38. The van der Waals surface area contributed by atoms with Crippen LogP contribution in [0.5, 0.6) is 0 Å². The molecule has 0 aliphatic carbocycles. The fraction of sp³-hybridized carbons (Fsp3) is 0. The molecule has 0 radical (unpaired) electrons. The van der Waals surface area contributed by atoms with E-state index in [1.165, 1.54) is 0 Å². The fourth-order valence-electron chi connectivity index (χ4n) is 2.14. The van der Waals surface area contributed by atoms with E-state index in [-0.39, 0.29) is 17.3 Å². The van der Waals surface area contributed by atoms with Crippen molar-refractivity contribution in [1.82, 2.24) is 15.0 Å². The predicted molar refractivity (Wildman–Crippen MR) is 81.3 cm³/mol. The number of nitriles is 1. The van der Waals surface area contributed by atoms with Crippen molar-refractivity contribution in [3.63, 3.8) is 0 Å². The fourth-order valence-corrected chi connectivity index (χ4v) is 2.36. The van der Waals surface area contributed by atoms with Crippen LogP contribution in [-0.4, -0.2) is 15.0 Å². The lowest BCUT2D eigenvalue weighted by Crippen LogP contribution is -2.05. The number of aromatic nitrogens is 3. The summed E-state index contributed by atoms with van der Waals surface area (Å²) >= 11 is 6.13. The minimum atomic E-state index is -0.00874. The molecule has 3 rings (SSSR count). The molecule has 0 aliphatic rings. The maximum absolute atomic E-state index is 9.29. The van der Waals surface area contributed by atoms with Gasteiger partial charge in [-0.15, -0.1) is 0 Å². The van der Waals surface area contributed by atoms with Gasteiger partial charge in [-0.25, -0.2) is 4.98 Å². The number of rotatable bonds is 1. The number of nitrogens with two attached hydrogens (primary N) is 2. The van der Waals surface area contributed by atoms with Crippen LogP contribution in [0, 0.1) is 11.3 Å². The highest BCUT2D eigenvalue weighted by Crippen LogP contribution is 2.33. The van der Waals surface area contributed by atoms with Crippen molar-refractivity contribution < 1.29 is 0 Å². The topological polar surface area (TPSA) is 114 Å². The van der Waals surface area contributed by atoms with Crippen LogP contribution in [0.2, 0.25) is 5.02 Å². The van der Waals surface area contributed by atoms with Gasteiger partial charge in [-0.2, -0.15) is 10.2 Å². The Morgan fingerprint density at radius 2 is 2.00 bits per heavy atom. The number of fused-ring (bicyclic) bond motifs is 1. The highest BCUT2D eigenvalue weighted by atomic mass is 35.5. The van der Waals surface area contributed by atoms with Crippen LogP contribution in [0.25, 0.3) is 22.2 Å². The molecule has 0 bridgehead atoms. The van der Waals surface area contributed by atoms with Gasteiger partial charge in [-0.3, -0.25) is 4.98 Å². The van der Waals surface area contributed by atoms with E-state index in [2.05, 4.69) is 15.0 Å². The maximum atomic E-state index is 9.29. The van der Waals surface area contributed by atoms with Crippen LogP contribution in [0.4, 0.5) is 11.8 Å². The summed E-state index contributed by atoms with van der Waals surface area (Å²) in [5, 5.41) is 10.6. The first-order valence-corrected chi connectivity index (χ1v) is 6.35. The molecule has 6 nitrogen and oxygen atoms in total. The van der Waals surface area contributed by atoms with E-state index in [4.69, 9.17) is 23.1 Å². The highest BCUT2D eigenvalue weighted by Gasteiger charge is 2.16. The number of pyridine rings is 1. The lowest BCUT2D eigenvalue weighted by molar-refractivity contribution is 1.18. The summed E-state index contributed by atoms with van der Waals surface area (Å²) < 4.78 is 0. The summed E-state index contributed by atoms with van der Waals surface area (Å²) in [6.07, 6.45) is 1.65. The molecule has 2 heterocycles. The SMILES string of the molecule is N#Cc1c(N)nc(N)nc1-c1cc(Cl)cc2cccnc12. The largest absolute Gasteiger partial charge is 0.382 e. The molecule has 2 aromatic heterocycles. The molecule has 0 spiro atoms. The molecule has 0 atom stereocenters. The van der Waals surface area contributed by atoms with E-state index in [1.54, 1.807) is 24.4 Å². The number of benzene rings is 1. The minimum Gasteiger partial charge on any atom is -0.382 e. The molecule has 0 unspecified atom stereocenters. The normalized spacial score (nSPS) is 10.5. The zero-order valence-electron chi connectivity index (χ0n) is 10.7. The molecule has 0 fully saturated rings. The lowest BCUT2D eigenvalue weighted by Gasteiger charge is -2.09. The quantitative estimate of drug-likeness (QED) is 0.712. The Labute approximate surface area is 125 Å². The first-order chi connectivity index (χ1) is 10.1. The maximum Gasteiger partial charge on any atom is 0.222 e. The van der Waals surface area contributed by atoms with Gasteiger partial charge in [0, 0.05) is 22.2 Å². The Morgan fingerprint density at radius 1 is 1.19 bits per heavy atom. The van der Waals surface area contributed by atoms with Gasteiger partial charge in [-0.05, 0) is 18.2 Å². The van der Waals surface area contributed by atoms with E-state index in [0.717, 1.165) is 5.39 Å². The first-order valence-electron chi connectivity index (χ1n) is 5.98. The molecule has 3 aromatic rings. The van der Waals surface area contributed by atoms with Crippen LogP contribution >= 0.6 is 11.6 Å². The second kappa shape index (κ2) is 4.89. The molecule has 0 amide bonds. The average molecular weight is 297 g/mol. The van der Waals surface area contributed by atoms with Gasteiger partial charge in [0.1, 0.15) is 17.5 Å². The molecule has 1 aromatic carbocycles. The summed E-state index contributed by atoms with van der Waals surface area (Å²) in [6.45, 7) is 0. The molecule has 0 saturated heterocycles. The zero-order valence-corrected chi connectivity index (χ0v) is 11.5. The third-order valence-corrected chi connectivity index (χ3v) is 3.21. The Morgan fingerprint density at radius 3 is 2.76 bits per heavy atom. The average Bonchev–Trinajstić information content (AvgIpc) is 2.45. The second-order valence-electron chi connectivity index (χ2n) is 4.33. The number of nitrogen functional groups attached to an aromatic ring is 2. The number of anilines is 2. The third-order valence-electron chi connectivity index (χ3n) is 2.99. The molecule has 102 valence electrons. The third kappa shape index (κ3) is 2.20. The van der Waals surface area contributed by atoms with Crippen molar-refractivity contribution in [2.75, 3.05) is 11.5 Å². The van der Waals surface area contributed by atoms with Crippen LogP contribution in [0.15, 0.2) is 30.5 Å². The van der Waals surface area contributed by atoms with E-state index >= 15 is 0 Å². The smallest absolute Gasteiger partial charge is 0.222 e. The molecular formula is C14H9ClN6. The Balaban J connectivity index is 2.44. The number of nitrogens with zero attached hydrogens (tertiary/aromatic N) is 4. The lowest BCUT2D eigenvalue weighted by atomic mass is 10.0. The van der Waals surface area contributed by atoms with Gasteiger partial charge >= 0.3 is 0 Å². The molecule has 7 heteroatoms. The van der Waals surface area contributed by atoms with E-state index in [1.807, 2.05) is 12.1 Å². The van der Waals surface area contributed by atoms with Crippen molar-refractivity contribution >= 4 is 34.3 Å². The molecule has 0 saturated carbocycles. The number of hydrogen-bond donors (Lipinski definition) is 2. The van der Waals surface area contributed by atoms with E-state index < -0.39 is 0 Å². The van der Waals surface area contributed by atoms with Gasteiger partial charge in [0.15, 0.2) is 0 Å². The Hall–Kier alpha value is -2.91. The molecule has 4 N–H and O–H groups in total. The van der Waals surface area contributed by atoms with Crippen LogP contribution < -0.4 is 11.5 Å². The Kier molecular flexibility index (Phi) is 3.05. The van der Waals surface area contributed by atoms with Crippen LogP contribution in [0.3, 0.4) is 0 Å². The van der Waals surface area contributed by atoms with Gasteiger partial charge < -0.3 is 11.5 Å². The molecule has 21 heavy (non-hydrogen) atoms. The van der Waals surface area contributed by atoms with E-state index in [0.29, 0.717) is 21.8 Å². The highest BCUT2D eigenvalue weighted by molar-refractivity contribution is 6.31. The van der Waals surface area contributed by atoms with Crippen molar-refractivity contribution in [3.05, 3.63) is 41.0 Å². The summed E-state index contributed by atoms with van der Waals surface area (Å²) in [4.78, 5) is 12.3. The van der Waals surface area contributed by atoms with Crippen LogP contribution in [0.1, 0.15) is 5.56 Å². The Bertz CT molecular complexity index is 900. The van der Waals surface area contributed by atoms with Crippen LogP contribution in [-0.2, 0) is 0 Å². The van der Waals surface area contributed by atoms with Crippen molar-refractivity contribution in [1.29, 1.82) is 5.26 Å². The zero-order chi connectivity index (χ0) is 15.0. The van der Waals surface area contributed by atoms with Gasteiger partial charge in [0.25, 0.3) is 0 Å². The summed E-state index contributed by atoms with van der Waals surface area (Å²) in [5.41, 5.74) is 13.1. The second-order valence-corrected chi connectivity index (χ2v) is 4.77. The van der Waals surface area contributed by atoms with Crippen molar-refractivity contribution in [3.8, 4) is 17.3 Å². The van der Waals surface area contributed by atoms with E-state index in [9.17, 15) is 5.26 Å². The van der Waals surface area contributed by atoms with Gasteiger partial charge in [0.2, 0.25) is 5.95 Å². The molecule has 0 aliphatic heterocycles. The minimum absolute atomic E-state index is 0.00874. The number of hydrogen-bond acceptors (Lipinski definition) is 6. The standard InChI is InChI=1S/C14H9ClN6/c15-8-4-7-2-1-3-19-11(7)9(5-8)12-10(6-16)13(17)21-14(18)20-12/h1-5H,(H4,17,18,20,21). The van der Waals surface area contributed by atoms with Crippen molar-refractivity contribution in [2.24, 2.45) is 0 Å². The summed E-state index contributed by atoms with van der Waals surface area (Å²) in [7, 11) is 0. The number of halogens is 1. The van der Waals surface area contributed by atoms with Gasteiger partial charge in [0.05, 0.1) is 11.2 Å². The molecular weight excluding hydrogens is 288 g/mol. The van der Waals surface area contributed by atoms with Crippen molar-refractivity contribution in [2.45, 2.75) is 0 Å². The first kappa shape index (κ1) is 13.1. The summed E-state index contributed by atoms with van der Waals surface area (Å²) in [5.74, 6) is 0.0228. The van der Waals surface area contributed by atoms with Gasteiger partial charge in [-0.1, -0.05) is 17.7 Å². The monoisotopic (exact) mass is 296 g/mol. The summed E-state index contributed by atoms with van der Waals surface area (Å²) in [6, 6.07) is 9.14.